The summed E-state index contributed by atoms with van der Waals surface area (Å²) in [5, 5.41) is 3.12. The first-order valence-electron chi connectivity index (χ1n) is 5.81. The van der Waals surface area contributed by atoms with Gasteiger partial charge in [-0.15, -0.1) is 0 Å². The summed E-state index contributed by atoms with van der Waals surface area (Å²) in [6.07, 6.45) is 3.36. The number of nitrogens with zero attached hydrogens (tertiary/aromatic N) is 2. The number of anilines is 1. The molecule has 1 aliphatic rings. The molecule has 0 fully saturated rings. The second kappa shape index (κ2) is 4.91. The van der Waals surface area contributed by atoms with Gasteiger partial charge in [-0.05, 0) is 18.2 Å². The third-order valence-electron chi connectivity index (χ3n) is 2.62. The van der Waals surface area contributed by atoms with E-state index in [-0.39, 0.29) is 6.10 Å². The maximum Gasteiger partial charge on any atom is 0.222 e. The van der Waals surface area contributed by atoms with Gasteiger partial charge in [0.25, 0.3) is 0 Å². The van der Waals surface area contributed by atoms with Gasteiger partial charge >= 0.3 is 0 Å². The van der Waals surface area contributed by atoms with Gasteiger partial charge in [0, 0.05) is 12.4 Å². The van der Waals surface area contributed by atoms with Gasteiger partial charge in [0.15, 0.2) is 11.5 Å². The Hall–Kier alpha value is -2.30. The van der Waals surface area contributed by atoms with Crippen LogP contribution in [0.4, 0.5) is 5.95 Å². The fourth-order valence-corrected chi connectivity index (χ4v) is 1.76. The number of ether oxygens (including phenoxy) is 2. The summed E-state index contributed by atoms with van der Waals surface area (Å²) in [5.41, 5.74) is 0. The van der Waals surface area contributed by atoms with Crippen LogP contribution in [-0.2, 0) is 0 Å². The molecule has 1 N–H and O–H groups in total. The van der Waals surface area contributed by atoms with Gasteiger partial charge in [-0.2, -0.15) is 0 Å². The minimum Gasteiger partial charge on any atom is -0.486 e. The van der Waals surface area contributed by atoms with E-state index in [1.165, 1.54) is 0 Å². The lowest BCUT2D eigenvalue weighted by molar-refractivity contribution is 0.0996. The van der Waals surface area contributed by atoms with E-state index in [2.05, 4.69) is 15.3 Å². The zero-order chi connectivity index (χ0) is 12.2. The third-order valence-corrected chi connectivity index (χ3v) is 2.62. The second-order valence-electron chi connectivity index (χ2n) is 3.95. The van der Waals surface area contributed by atoms with Crippen LogP contribution >= 0.6 is 0 Å². The Bertz CT molecular complexity index is 519. The molecule has 1 unspecified atom stereocenters. The van der Waals surface area contributed by atoms with Crippen LogP contribution in [0.2, 0.25) is 0 Å². The average Bonchev–Trinajstić information content (AvgIpc) is 2.46. The van der Waals surface area contributed by atoms with Gasteiger partial charge in [-0.25, -0.2) is 9.97 Å². The summed E-state index contributed by atoms with van der Waals surface area (Å²) in [7, 11) is 0. The first-order chi connectivity index (χ1) is 8.92. The third kappa shape index (κ3) is 2.34. The molecule has 18 heavy (non-hydrogen) atoms. The number of hydrogen-bond acceptors (Lipinski definition) is 5. The highest BCUT2D eigenvalue weighted by molar-refractivity contribution is 5.40. The Labute approximate surface area is 105 Å². The van der Waals surface area contributed by atoms with Crippen molar-refractivity contribution in [3.8, 4) is 11.5 Å². The minimum absolute atomic E-state index is 0.0382. The standard InChI is InChI=1S/C13H13N3O2/c1-2-5-12-11(4-1)17-9-10(18-12)8-16-13-14-6-3-7-15-13/h1-7,10H,8-9H2,(H,14,15,16). The summed E-state index contributed by atoms with van der Waals surface area (Å²) in [6.45, 7) is 1.13. The molecule has 0 saturated heterocycles. The smallest absolute Gasteiger partial charge is 0.222 e. The molecule has 92 valence electrons. The molecule has 2 heterocycles. The van der Waals surface area contributed by atoms with Crippen LogP contribution in [0, 0.1) is 0 Å². The molecular weight excluding hydrogens is 230 g/mol. The van der Waals surface area contributed by atoms with Gasteiger partial charge in [-0.1, -0.05) is 12.1 Å². The Morgan fingerprint density at radius 3 is 2.72 bits per heavy atom. The van der Waals surface area contributed by atoms with Gasteiger partial charge in [0.1, 0.15) is 12.7 Å². The highest BCUT2D eigenvalue weighted by Crippen LogP contribution is 2.30. The molecule has 0 saturated carbocycles. The van der Waals surface area contributed by atoms with Crippen LogP contribution in [0.25, 0.3) is 0 Å². The van der Waals surface area contributed by atoms with E-state index in [9.17, 15) is 0 Å². The molecule has 5 nitrogen and oxygen atoms in total. The lowest BCUT2D eigenvalue weighted by Crippen LogP contribution is -2.35. The van der Waals surface area contributed by atoms with E-state index in [0.717, 1.165) is 11.5 Å². The molecule has 0 radical (unpaired) electrons. The number of aromatic nitrogens is 2. The molecule has 0 spiro atoms. The molecule has 1 aromatic carbocycles. The van der Waals surface area contributed by atoms with Crippen LogP contribution in [0.15, 0.2) is 42.7 Å². The largest absolute Gasteiger partial charge is 0.486 e. The van der Waals surface area contributed by atoms with Crippen LogP contribution in [0.5, 0.6) is 11.5 Å². The molecule has 1 aromatic heterocycles. The molecule has 0 amide bonds. The van der Waals surface area contributed by atoms with E-state index in [1.807, 2.05) is 24.3 Å². The SMILES string of the molecule is c1cnc(NCC2COc3ccccc3O2)nc1. The Balaban J connectivity index is 1.60. The van der Waals surface area contributed by atoms with E-state index >= 15 is 0 Å². The Morgan fingerprint density at radius 1 is 1.11 bits per heavy atom. The number of hydrogen-bond donors (Lipinski definition) is 1. The van der Waals surface area contributed by atoms with Gasteiger partial charge in [-0.3, -0.25) is 0 Å². The van der Waals surface area contributed by atoms with E-state index in [4.69, 9.17) is 9.47 Å². The number of para-hydroxylation sites is 2. The number of benzene rings is 1. The molecule has 3 rings (SSSR count). The summed E-state index contributed by atoms with van der Waals surface area (Å²) in [6, 6.07) is 9.44. The van der Waals surface area contributed by atoms with Crippen LogP contribution in [-0.4, -0.2) is 29.2 Å². The van der Waals surface area contributed by atoms with Crippen LogP contribution < -0.4 is 14.8 Å². The molecule has 5 heteroatoms. The number of nitrogens with one attached hydrogen (secondary N) is 1. The van der Waals surface area contributed by atoms with Crippen molar-refractivity contribution in [3.05, 3.63) is 42.7 Å². The maximum absolute atomic E-state index is 5.81. The van der Waals surface area contributed by atoms with Gasteiger partial charge < -0.3 is 14.8 Å². The highest BCUT2D eigenvalue weighted by atomic mass is 16.6. The normalized spacial score (nSPS) is 17.2. The van der Waals surface area contributed by atoms with Crippen LogP contribution in [0.3, 0.4) is 0 Å². The Kier molecular flexibility index (Phi) is 2.96. The molecule has 1 atom stereocenters. The first kappa shape index (κ1) is 10.8. The fraction of sp³-hybridized carbons (Fsp3) is 0.231. The monoisotopic (exact) mass is 243 g/mol. The lowest BCUT2D eigenvalue weighted by atomic mass is 10.2. The van der Waals surface area contributed by atoms with Crippen molar-refractivity contribution >= 4 is 5.95 Å². The average molecular weight is 243 g/mol. The van der Waals surface area contributed by atoms with Crippen molar-refractivity contribution in [2.24, 2.45) is 0 Å². The summed E-state index contributed by atoms with van der Waals surface area (Å²) >= 11 is 0. The summed E-state index contributed by atoms with van der Waals surface area (Å²) in [5.74, 6) is 2.18. The van der Waals surface area contributed by atoms with Crippen molar-refractivity contribution in [3.63, 3.8) is 0 Å². The fourth-order valence-electron chi connectivity index (χ4n) is 1.76. The second-order valence-corrected chi connectivity index (χ2v) is 3.95. The van der Waals surface area contributed by atoms with Crippen molar-refractivity contribution in [2.75, 3.05) is 18.5 Å². The molecular formula is C13H13N3O2. The quantitative estimate of drug-likeness (QED) is 0.889. The first-order valence-corrected chi connectivity index (χ1v) is 5.81. The molecule has 0 aliphatic carbocycles. The molecule has 2 aromatic rings. The van der Waals surface area contributed by atoms with Crippen molar-refractivity contribution in [2.45, 2.75) is 6.10 Å². The van der Waals surface area contributed by atoms with E-state index < -0.39 is 0 Å². The maximum atomic E-state index is 5.81. The Morgan fingerprint density at radius 2 is 1.89 bits per heavy atom. The summed E-state index contributed by atoms with van der Waals surface area (Å²) in [4.78, 5) is 8.18. The van der Waals surface area contributed by atoms with Crippen LogP contribution in [0.1, 0.15) is 0 Å². The lowest BCUT2D eigenvalue weighted by Gasteiger charge is -2.26. The summed E-state index contributed by atoms with van der Waals surface area (Å²) < 4.78 is 11.4. The molecule has 0 bridgehead atoms. The van der Waals surface area contributed by atoms with Crippen molar-refractivity contribution in [1.82, 2.24) is 9.97 Å². The van der Waals surface area contributed by atoms with Crippen molar-refractivity contribution < 1.29 is 9.47 Å². The van der Waals surface area contributed by atoms with E-state index in [0.29, 0.717) is 19.1 Å². The molecule has 1 aliphatic heterocycles. The topological polar surface area (TPSA) is 56.3 Å². The van der Waals surface area contributed by atoms with Gasteiger partial charge in [0.2, 0.25) is 5.95 Å². The van der Waals surface area contributed by atoms with Crippen molar-refractivity contribution in [1.29, 1.82) is 0 Å². The predicted molar refractivity (Wildman–Crippen MR) is 66.9 cm³/mol. The highest BCUT2D eigenvalue weighted by Gasteiger charge is 2.20. The number of rotatable bonds is 3. The predicted octanol–water partition coefficient (Wildman–Crippen LogP) is 1.73. The zero-order valence-electron chi connectivity index (χ0n) is 9.74. The zero-order valence-corrected chi connectivity index (χ0v) is 9.74. The minimum atomic E-state index is -0.0382. The van der Waals surface area contributed by atoms with Gasteiger partial charge in [0.05, 0.1) is 6.54 Å². The number of fused-ring (bicyclic) bond motifs is 1. The van der Waals surface area contributed by atoms with E-state index in [1.54, 1.807) is 18.5 Å².